The van der Waals surface area contributed by atoms with E-state index in [0.29, 0.717) is 6.04 Å². The van der Waals surface area contributed by atoms with Crippen LogP contribution in [0.25, 0.3) is 10.8 Å². The molecule has 0 aliphatic heterocycles. The van der Waals surface area contributed by atoms with Gasteiger partial charge in [0.2, 0.25) is 0 Å². The van der Waals surface area contributed by atoms with Gasteiger partial charge < -0.3 is 9.64 Å². The molecule has 0 aliphatic carbocycles. The third kappa shape index (κ3) is 5.48. The van der Waals surface area contributed by atoms with E-state index in [1.54, 1.807) is 0 Å². The van der Waals surface area contributed by atoms with Crippen LogP contribution in [0.4, 0.5) is 0 Å². The zero-order valence-corrected chi connectivity index (χ0v) is 16.4. The minimum Gasteiger partial charge on any atom is -0.493 e. The molecule has 2 nitrogen and oxygen atoms in total. The lowest BCUT2D eigenvalue weighted by atomic mass is 10.0. The molecule has 26 heavy (non-hydrogen) atoms. The molecule has 0 saturated carbocycles. The van der Waals surface area contributed by atoms with Crippen molar-refractivity contribution < 1.29 is 4.74 Å². The third-order valence-corrected chi connectivity index (χ3v) is 4.80. The van der Waals surface area contributed by atoms with Crippen molar-refractivity contribution in [1.29, 1.82) is 0 Å². The predicted molar refractivity (Wildman–Crippen MR) is 114 cm³/mol. The van der Waals surface area contributed by atoms with Gasteiger partial charge in [-0.25, -0.2) is 0 Å². The molecule has 0 bridgehead atoms. The molecule has 138 valence electrons. The van der Waals surface area contributed by atoms with Crippen molar-refractivity contribution in [1.82, 2.24) is 4.90 Å². The van der Waals surface area contributed by atoms with Crippen LogP contribution in [0.2, 0.25) is 0 Å². The standard InChI is InChI=1S/C23H27NO.ClH/c1-24(2)21(16-15-19-9-4-3-5-10-19)17-18-25-23-14-8-12-20-11-6-7-13-22(20)23;/h3-14,21H,15-18H2,1-2H3;1H. The van der Waals surface area contributed by atoms with Gasteiger partial charge in [-0.05, 0) is 50.4 Å². The average molecular weight is 370 g/mol. The van der Waals surface area contributed by atoms with E-state index in [0.717, 1.165) is 31.6 Å². The molecule has 3 heteroatoms. The second kappa shape index (κ2) is 10.2. The van der Waals surface area contributed by atoms with Crippen LogP contribution in [-0.2, 0) is 6.42 Å². The van der Waals surface area contributed by atoms with Crippen molar-refractivity contribution in [2.45, 2.75) is 25.3 Å². The molecule has 3 aromatic carbocycles. The molecule has 0 spiro atoms. The van der Waals surface area contributed by atoms with E-state index in [2.05, 4.69) is 91.8 Å². The summed E-state index contributed by atoms with van der Waals surface area (Å²) in [6.07, 6.45) is 3.29. The van der Waals surface area contributed by atoms with Gasteiger partial charge in [0, 0.05) is 11.4 Å². The Morgan fingerprint density at radius 2 is 1.50 bits per heavy atom. The molecule has 0 aromatic heterocycles. The molecule has 0 saturated heterocycles. The first kappa shape index (κ1) is 20.3. The smallest absolute Gasteiger partial charge is 0.127 e. The van der Waals surface area contributed by atoms with Crippen molar-refractivity contribution >= 4 is 23.2 Å². The van der Waals surface area contributed by atoms with E-state index in [-0.39, 0.29) is 12.4 Å². The zero-order valence-electron chi connectivity index (χ0n) is 15.6. The van der Waals surface area contributed by atoms with E-state index in [1.807, 2.05) is 0 Å². The number of aryl methyl sites for hydroxylation is 1. The molecule has 0 N–H and O–H groups in total. The van der Waals surface area contributed by atoms with Crippen molar-refractivity contribution in [3.8, 4) is 5.75 Å². The SMILES string of the molecule is CN(C)C(CCOc1cccc2ccccc12)CCc1ccccc1.Cl. The number of hydrogen-bond acceptors (Lipinski definition) is 2. The largest absolute Gasteiger partial charge is 0.493 e. The number of rotatable bonds is 8. The molecule has 0 heterocycles. The highest BCUT2D eigenvalue weighted by Crippen LogP contribution is 2.25. The number of fused-ring (bicyclic) bond motifs is 1. The maximum Gasteiger partial charge on any atom is 0.127 e. The zero-order chi connectivity index (χ0) is 17.5. The van der Waals surface area contributed by atoms with Gasteiger partial charge in [-0.2, -0.15) is 0 Å². The summed E-state index contributed by atoms with van der Waals surface area (Å²) in [5, 5.41) is 2.42. The lowest BCUT2D eigenvalue weighted by Crippen LogP contribution is -2.30. The Hall–Kier alpha value is -2.03. The van der Waals surface area contributed by atoms with Crippen LogP contribution in [0.3, 0.4) is 0 Å². The second-order valence-corrected chi connectivity index (χ2v) is 6.76. The fourth-order valence-corrected chi connectivity index (χ4v) is 3.27. The first-order valence-electron chi connectivity index (χ1n) is 9.05. The molecule has 3 aromatic rings. The summed E-state index contributed by atoms with van der Waals surface area (Å²) in [6.45, 7) is 0.742. The Kier molecular flexibility index (Phi) is 7.96. The van der Waals surface area contributed by atoms with E-state index in [4.69, 9.17) is 4.74 Å². The Morgan fingerprint density at radius 1 is 0.808 bits per heavy atom. The highest BCUT2D eigenvalue weighted by molar-refractivity contribution is 5.88. The molecular weight excluding hydrogens is 342 g/mol. The van der Waals surface area contributed by atoms with Gasteiger partial charge >= 0.3 is 0 Å². The Bertz CT molecular complexity index is 783. The number of nitrogens with zero attached hydrogens (tertiary/aromatic N) is 1. The van der Waals surface area contributed by atoms with Crippen molar-refractivity contribution in [2.24, 2.45) is 0 Å². The molecule has 0 aliphatic rings. The van der Waals surface area contributed by atoms with Crippen LogP contribution in [0, 0.1) is 0 Å². The van der Waals surface area contributed by atoms with Gasteiger partial charge in [-0.1, -0.05) is 66.7 Å². The number of halogens is 1. The molecule has 3 rings (SSSR count). The molecule has 0 fully saturated rings. The van der Waals surface area contributed by atoms with E-state index >= 15 is 0 Å². The van der Waals surface area contributed by atoms with Crippen LogP contribution in [0.5, 0.6) is 5.75 Å². The van der Waals surface area contributed by atoms with Crippen molar-refractivity contribution in [2.75, 3.05) is 20.7 Å². The Balaban J connectivity index is 0.00000243. The highest BCUT2D eigenvalue weighted by atomic mass is 35.5. The second-order valence-electron chi connectivity index (χ2n) is 6.76. The fourth-order valence-electron chi connectivity index (χ4n) is 3.27. The van der Waals surface area contributed by atoms with Gasteiger partial charge in [0.1, 0.15) is 5.75 Å². The van der Waals surface area contributed by atoms with Gasteiger partial charge in [0.25, 0.3) is 0 Å². The topological polar surface area (TPSA) is 12.5 Å². The van der Waals surface area contributed by atoms with Crippen molar-refractivity contribution in [3.05, 3.63) is 78.4 Å². The van der Waals surface area contributed by atoms with Gasteiger partial charge in [0.05, 0.1) is 6.61 Å². The van der Waals surface area contributed by atoms with E-state index in [9.17, 15) is 0 Å². The van der Waals surface area contributed by atoms with Gasteiger partial charge in [0.15, 0.2) is 0 Å². The molecule has 0 radical (unpaired) electrons. The summed E-state index contributed by atoms with van der Waals surface area (Å²) in [5.41, 5.74) is 1.41. The highest BCUT2D eigenvalue weighted by Gasteiger charge is 2.12. The van der Waals surface area contributed by atoms with Gasteiger partial charge in [-0.15, -0.1) is 12.4 Å². The van der Waals surface area contributed by atoms with Crippen LogP contribution >= 0.6 is 12.4 Å². The van der Waals surface area contributed by atoms with Crippen LogP contribution in [0.1, 0.15) is 18.4 Å². The first-order valence-corrected chi connectivity index (χ1v) is 9.05. The van der Waals surface area contributed by atoms with Gasteiger partial charge in [-0.3, -0.25) is 0 Å². The van der Waals surface area contributed by atoms with E-state index < -0.39 is 0 Å². The monoisotopic (exact) mass is 369 g/mol. The summed E-state index contributed by atoms with van der Waals surface area (Å²) in [6, 6.07) is 25.9. The molecular formula is C23H28ClNO. The summed E-state index contributed by atoms with van der Waals surface area (Å²) in [4.78, 5) is 2.31. The maximum atomic E-state index is 6.13. The molecule has 1 unspecified atom stereocenters. The predicted octanol–water partition coefficient (Wildman–Crippen LogP) is 5.59. The number of benzene rings is 3. The third-order valence-electron chi connectivity index (χ3n) is 4.80. The minimum absolute atomic E-state index is 0. The fraction of sp³-hybridized carbons (Fsp3) is 0.304. The molecule has 1 atom stereocenters. The minimum atomic E-state index is 0. The number of ether oxygens (including phenoxy) is 1. The normalized spacial score (nSPS) is 12.0. The molecule has 0 amide bonds. The van der Waals surface area contributed by atoms with Crippen LogP contribution in [-0.4, -0.2) is 31.6 Å². The quantitative estimate of drug-likeness (QED) is 0.513. The van der Waals surface area contributed by atoms with Crippen molar-refractivity contribution in [3.63, 3.8) is 0 Å². The summed E-state index contributed by atoms with van der Waals surface area (Å²) < 4.78 is 6.13. The Morgan fingerprint density at radius 3 is 2.27 bits per heavy atom. The first-order chi connectivity index (χ1) is 12.2. The summed E-state index contributed by atoms with van der Waals surface area (Å²) >= 11 is 0. The number of hydrogen-bond donors (Lipinski definition) is 0. The van der Waals surface area contributed by atoms with Crippen LogP contribution < -0.4 is 4.74 Å². The van der Waals surface area contributed by atoms with E-state index in [1.165, 1.54) is 16.3 Å². The lowest BCUT2D eigenvalue weighted by Gasteiger charge is -2.24. The average Bonchev–Trinajstić information content (AvgIpc) is 2.65. The lowest BCUT2D eigenvalue weighted by molar-refractivity contribution is 0.214. The maximum absolute atomic E-state index is 6.13. The summed E-state index contributed by atoms with van der Waals surface area (Å²) in [7, 11) is 4.32. The Labute approximate surface area is 163 Å². The van der Waals surface area contributed by atoms with Crippen LogP contribution in [0.15, 0.2) is 72.8 Å². The summed E-state index contributed by atoms with van der Waals surface area (Å²) in [5.74, 6) is 0.985.